The number of nitrogens with zero attached hydrogens (tertiary/aromatic N) is 1. The van der Waals surface area contributed by atoms with Crippen LogP contribution in [0.3, 0.4) is 0 Å². The van der Waals surface area contributed by atoms with Crippen LogP contribution in [-0.2, 0) is 9.59 Å². The van der Waals surface area contributed by atoms with Gasteiger partial charge < -0.3 is 5.73 Å². The summed E-state index contributed by atoms with van der Waals surface area (Å²) in [6.07, 6.45) is 6.39. The van der Waals surface area contributed by atoms with Crippen LogP contribution in [0.2, 0.25) is 0 Å². The highest BCUT2D eigenvalue weighted by Crippen LogP contribution is 2.46. The highest BCUT2D eigenvalue weighted by molar-refractivity contribution is 9.10. The van der Waals surface area contributed by atoms with E-state index >= 15 is 0 Å². The standard InChI is InChI=1S/C16H19BrN2O2/c17-11-4-5-13(12(18)8-11)19-14(20)9-16(10-15(19)21)6-2-1-3-7-16/h4-5,8H,1-3,6-7,9-10,18H2. The van der Waals surface area contributed by atoms with Crippen molar-refractivity contribution >= 4 is 39.1 Å². The Morgan fingerprint density at radius 2 is 1.67 bits per heavy atom. The van der Waals surface area contributed by atoms with Crippen molar-refractivity contribution in [3.05, 3.63) is 22.7 Å². The van der Waals surface area contributed by atoms with Crippen LogP contribution < -0.4 is 10.6 Å². The average molecular weight is 351 g/mol. The van der Waals surface area contributed by atoms with Gasteiger partial charge in [0, 0.05) is 17.3 Å². The fourth-order valence-electron chi connectivity index (χ4n) is 3.65. The van der Waals surface area contributed by atoms with Crippen molar-refractivity contribution in [1.29, 1.82) is 0 Å². The first-order valence-corrected chi connectivity index (χ1v) is 8.21. The van der Waals surface area contributed by atoms with Crippen LogP contribution >= 0.6 is 15.9 Å². The molecule has 1 aliphatic carbocycles. The van der Waals surface area contributed by atoms with E-state index in [0.717, 1.165) is 30.2 Å². The number of hydrogen-bond acceptors (Lipinski definition) is 3. The topological polar surface area (TPSA) is 63.4 Å². The number of piperidine rings is 1. The molecule has 1 saturated heterocycles. The van der Waals surface area contributed by atoms with E-state index in [4.69, 9.17) is 5.73 Å². The third-order valence-electron chi connectivity index (χ3n) is 4.70. The molecule has 1 aromatic rings. The van der Waals surface area contributed by atoms with Gasteiger partial charge in [0.1, 0.15) is 0 Å². The predicted octanol–water partition coefficient (Wildman–Crippen LogP) is 3.64. The number of nitrogens with two attached hydrogens (primary N) is 1. The van der Waals surface area contributed by atoms with Gasteiger partial charge in [-0.15, -0.1) is 0 Å². The smallest absolute Gasteiger partial charge is 0.234 e. The molecule has 21 heavy (non-hydrogen) atoms. The second kappa shape index (κ2) is 5.44. The van der Waals surface area contributed by atoms with Crippen LogP contribution in [0, 0.1) is 5.41 Å². The number of benzene rings is 1. The Labute approximate surface area is 132 Å². The van der Waals surface area contributed by atoms with Crippen molar-refractivity contribution in [3.63, 3.8) is 0 Å². The first kappa shape index (κ1) is 14.6. The summed E-state index contributed by atoms with van der Waals surface area (Å²) in [4.78, 5) is 26.4. The molecule has 0 aromatic heterocycles. The van der Waals surface area contributed by atoms with Crippen molar-refractivity contribution in [1.82, 2.24) is 0 Å². The summed E-state index contributed by atoms with van der Waals surface area (Å²) in [6.45, 7) is 0. The largest absolute Gasteiger partial charge is 0.397 e. The average Bonchev–Trinajstić information content (AvgIpc) is 2.41. The summed E-state index contributed by atoms with van der Waals surface area (Å²) in [5.41, 5.74) is 6.84. The summed E-state index contributed by atoms with van der Waals surface area (Å²) in [5.74, 6) is -0.218. The summed E-state index contributed by atoms with van der Waals surface area (Å²) < 4.78 is 0.837. The molecule has 1 heterocycles. The molecule has 1 spiro atoms. The number of anilines is 2. The molecule has 3 rings (SSSR count). The van der Waals surface area contributed by atoms with Gasteiger partial charge in [-0.1, -0.05) is 35.2 Å². The number of imide groups is 1. The van der Waals surface area contributed by atoms with Crippen LogP contribution in [0.25, 0.3) is 0 Å². The zero-order valence-electron chi connectivity index (χ0n) is 11.9. The number of carbonyl (C=O) groups is 2. The van der Waals surface area contributed by atoms with E-state index in [0.29, 0.717) is 24.2 Å². The van der Waals surface area contributed by atoms with Crippen LogP contribution in [0.4, 0.5) is 11.4 Å². The van der Waals surface area contributed by atoms with E-state index in [1.165, 1.54) is 11.3 Å². The Morgan fingerprint density at radius 1 is 1.05 bits per heavy atom. The summed E-state index contributed by atoms with van der Waals surface area (Å²) >= 11 is 3.34. The van der Waals surface area contributed by atoms with Gasteiger partial charge in [0.25, 0.3) is 0 Å². The summed E-state index contributed by atoms with van der Waals surface area (Å²) in [7, 11) is 0. The van der Waals surface area contributed by atoms with E-state index < -0.39 is 0 Å². The van der Waals surface area contributed by atoms with Crippen LogP contribution in [-0.4, -0.2) is 11.8 Å². The lowest BCUT2D eigenvalue weighted by Crippen LogP contribution is -2.49. The molecule has 1 aliphatic heterocycles. The third-order valence-corrected chi connectivity index (χ3v) is 5.19. The predicted molar refractivity (Wildman–Crippen MR) is 85.8 cm³/mol. The van der Waals surface area contributed by atoms with Crippen molar-refractivity contribution in [2.75, 3.05) is 10.6 Å². The fourth-order valence-corrected chi connectivity index (χ4v) is 4.03. The Hall–Kier alpha value is -1.36. The quantitative estimate of drug-likeness (QED) is 0.621. The lowest BCUT2D eigenvalue weighted by atomic mass is 9.67. The first-order valence-electron chi connectivity index (χ1n) is 7.42. The molecule has 5 heteroatoms. The molecule has 2 amide bonds. The maximum Gasteiger partial charge on any atom is 0.234 e. The Bertz CT molecular complexity index is 574. The molecule has 0 bridgehead atoms. The number of halogens is 1. The van der Waals surface area contributed by atoms with Gasteiger partial charge in [-0.3, -0.25) is 9.59 Å². The Balaban J connectivity index is 1.88. The van der Waals surface area contributed by atoms with Crippen molar-refractivity contribution < 1.29 is 9.59 Å². The molecule has 2 N–H and O–H groups in total. The SMILES string of the molecule is Nc1cc(Br)ccc1N1C(=O)CC2(CCCCC2)CC1=O. The van der Waals surface area contributed by atoms with E-state index in [2.05, 4.69) is 15.9 Å². The van der Waals surface area contributed by atoms with Gasteiger partial charge in [0.05, 0.1) is 11.4 Å². The summed E-state index contributed by atoms with van der Waals surface area (Å²) in [6, 6.07) is 5.26. The third kappa shape index (κ3) is 2.71. The lowest BCUT2D eigenvalue weighted by molar-refractivity contribution is -0.134. The molecular formula is C16H19BrN2O2. The number of amides is 2. The second-order valence-electron chi connectivity index (χ2n) is 6.24. The fraction of sp³-hybridized carbons (Fsp3) is 0.500. The van der Waals surface area contributed by atoms with Crippen molar-refractivity contribution in [2.45, 2.75) is 44.9 Å². The van der Waals surface area contributed by atoms with Gasteiger partial charge in [0.2, 0.25) is 11.8 Å². The lowest BCUT2D eigenvalue weighted by Gasteiger charge is -2.42. The molecule has 2 fully saturated rings. The molecule has 0 radical (unpaired) electrons. The minimum atomic E-state index is -0.109. The minimum Gasteiger partial charge on any atom is -0.397 e. The summed E-state index contributed by atoms with van der Waals surface area (Å²) in [5, 5.41) is 0. The van der Waals surface area contributed by atoms with Gasteiger partial charge in [-0.25, -0.2) is 4.90 Å². The van der Waals surface area contributed by atoms with Crippen molar-refractivity contribution in [3.8, 4) is 0 Å². The second-order valence-corrected chi connectivity index (χ2v) is 7.16. The van der Waals surface area contributed by atoms with Gasteiger partial charge in [-0.05, 0) is 36.5 Å². The molecule has 4 nitrogen and oxygen atoms in total. The molecule has 1 saturated carbocycles. The van der Waals surface area contributed by atoms with E-state index in [9.17, 15) is 9.59 Å². The van der Waals surface area contributed by atoms with Gasteiger partial charge >= 0.3 is 0 Å². The first-order chi connectivity index (χ1) is 10.0. The van der Waals surface area contributed by atoms with Crippen LogP contribution in [0.1, 0.15) is 44.9 Å². The Kier molecular flexibility index (Phi) is 3.78. The monoisotopic (exact) mass is 350 g/mol. The zero-order valence-corrected chi connectivity index (χ0v) is 13.5. The van der Waals surface area contributed by atoms with Gasteiger partial charge in [-0.2, -0.15) is 0 Å². The van der Waals surface area contributed by atoms with Gasteiger partial charge in [0.15, 0.2) is 0 Å². The van der Waals surface area contributed by atoms with Crippen LogP contribution in [0.5, 0.6) is 0 Å². The normalized spacial score (nSPS) is 21.9. The number of nitrogen functional groups attached to an aromatic ring is 1. The molecule has 2 aliphatic rings. The molecule has 0 atom stereocenters. The molecule has 0 unspecified atom stereocenters. The van der Waals surface area contributed by atoms with Crippen LogP contribution in [0.15, 0.2) is 22.7 Å². The zero-order chi connectivity index (χ0) is 15.0. The van der Waals surface area contributed by atoms with E-state index in [1.807, 2.05) is 0 Å². The Morgan fingerprint density at radius 3 is 2.24 bits per heavy atom. The molecule has 1 aromatic carbocycles. The number of rotatable bonds is 1. The molecular weight excluding hydrogens is 332 g/mol. The molecule has 112 valence electrons. The maximum absolute atomic E-state index is 12.6. The number of carbonyl (C=O) groups excluding carboxylic acids is 2. The highest BCUT2D eigenvalue weighted by atomic mass is 79.9. The maximum atomic E-state index is 12.6. The van der Waals surface area contributed by atoms with E-state index in [-0.39, 0.29) is 17.2 Å². The van der Waals surface area contributed by atoms with E-state index in [1.54, 1.807) is 18.2 Å². The number of hydrogen-bond donors (Lipinski definition) is 1. The van der Waals surface area contributed by atoms with Crippen molar-refractivity contribution in [2.24, 2.45) is 5.41 Å². The minimum absolute atomic E-state index is 0.0902. The highest BCUT2D eigenvalue weighted by Gasteiger charge is 2.44.